The molecule has 76 valence electrons. The summed E-state index contributed by atoms with van der Waals surface area (Å²) in [6.45, 7) is 7.59. The lowest BCUT2D eigenvalue weighted by atomic mass is 9.99. The van der Waals surface area contributed by atoms with Gasteiger partial charge in [-0.15, -0.1) is 6.58 Å². The second-order valence-corrected chi connectivity index (χ2v) is 3.79. The van der Waals surface area contributed by atoms with E-state index in [2.05, 4.69) is 6.58 Å². The lowest BCUT2D eigenvalue weighted by Gasteiger charge is -2.13. The second kappa shape index (κ2) is 4.38. The third-order valence-corrected chi connectivity index (χ3v) is 2.12. The van der Waals surface area contributed by atoms with E-state index in [1.165, 1.54) is 6.07 Å². The van der Waals surface area contributed by atoms with Crippen molar-refractivity contribution in [3.63, 3.8) is 0 Å². The average molecular weight is 193 g/mol. The molecule has 0 amide bonds. The van der Waals surface area contributed by atoms with E-state index in [9.17, 15) is 4.39 Å². The lowest BCUT2D eigenvalue weighted by Crippen LogP contribution is -2.12. The summed E-state index contributed by atoms with van der Waals surface area (Å²) in [6.07, 6.45) is 0.625. The van der Waals surface area contributed by atoms with Gasteiger partial charge in [0.15, 0.2) is 0 Å². The topological polar surface area (TPSA) is 26.0 Å². The van der Waals surface area contributed by atoms with Gasteiger partial charge < -0.3 is 5.73 Å². The van der Waals surface area contributed by atoms with Gasteiger partial charge in [-0.2, -0.15) is 0 Å². The van der Waals surface area contributed by atoms with Crippen LogP contribution in [0.4, 0.5) is 4.39 Å². The molecule has 0 spiro atoms. The summed E-state index contributed by atoms with van der Waals surface area (Å²) in [5.41, 5.74) is 8.44. The van der Waals surface area contributed by atoms with E-state index in [4.69, 9.17) is 5.73 Å². The number of benzene rings is 1. The fraction of sp³-hybridized carbons (Fsp3) is 0.333. The normalized spacial score (nSPS) is 12.6. The van der Waals surface area contributed by atoms with E-state index >= 15 is 0 Å². The van der Waals surface area contributed by atoms with Gasteiger partial charge in [-0.3, -0.25) is 0 Å². The van der Waals surface area contributed by atoms with E-state index in [0.717, 1.165) is 11.1 Å². The summed E-state index contributed by atoms with van der Waals surface area (Å²) in [5, 5.41) is 0. The van der Waals surface area contributed by atoms with Gasteiger partial charge in [-0.25, -0.2) is 4.39 Å². The molecule has 2 heteroatoms. The van der Waals surface area contributed by atoms with Crippen molar-refractivity contribution in [2.24, 2.45) is 5.73 Å². The number of hydrogen-bond acceptors (Lipinski definition) is 1. The van der Waals surface area contributed by atoms with Gasteiger partial charge >= 0.3 is 0 Å². The molecule has 1 rings (SSSR count). The van der Waals surface area contributed by atoms with E-state index in [1.54, 1.807) is 12.1 Å². The Balaban J connectivity index is 2.93. The Labute approximate surface area is 84.4 Å². The number of rotatable bonds is 3. The van der Waals surface area contributed by atoms with Crippen LogP contribution in [0.2, 0.25) is 0 Å². The van der Waals surface area contributed by atoms with Crippen LogP contribution in [-0.4, -0.2) is 0 Å². The molecule has 14 heavy (non-hydrogen) atoms. The number of aryl methyl sites for hydroxylation is 1. The molecule has 0 fully saturated rings. The highest BCUT2D eigenvalue weighted by molar-refractivity contribution is 5.27. The largest absolute Gasteiger partial charge is 0.324 e. The van der Waals surface area contributed by atoms with E-state index in [1.807, 2.05) is 13.8 Å². The Hall–Kier alpha value is -1.15. The van der Waals surface area contributed by atoms with Crippen LogP contribution in [0.25, 0.3) is 0 Å². The highest BCUT2D eigenvalue weighted by Gasteiger charge is 2.11. The van der Waals surface area contributed by atoms with Crippen molar-refractivity contribution in [3.05, 3.63) is 47.3 Å². The zero-order valence-corrected chi connectivity index (χ0v) is 8.68. The molecular weight excluding hydrogens is 177 g/mol. The standard InChI is InChI=1S/C12H16FN/c1-8(2)6-12(14)10-7-9(3)4-5-11(10)13/h4-5,7,12H,1,6,14H2,2-3H3/t12-/m1/s1. The van der Waals surface area contributed by atoms with E-state index < -0.39 is 0 Å². The highest BCUT2D eigenvalue weighted by Crippen LogP contribution is 2.21. The summed E-state index contributed by atoms with van der Waals surface area (Å²) in [5.74, 6) is -0.232. The van der Waals surface area contributed by atoms with Crippen LogP contribution in [-0.2, 0) is 0 Å². The minimum absolute atomic E-state index is 0.232. The van der Waals surface area contributed by atoms with Crippen LogP contribution in [0.15, 0.2) is 30.4 Å². The zero-order valence-electron chi connectivity index (χ0n) is 8.68. The number of hydrogen-bond donors (Lipinski definition) is 1. The van der Waals surface area contributed by atoms with E-state index in [-0.39, 0.29) is 11.9 Å². The SMILES string of the molecule is C=C(C)C[C@@H](N)c1cc(C)ccc1F. The molecule has 0 saturated heterocycles. The number of nitrogens with two attached hydrogens (primary N) is 1. The Kier molecular flexibility index (Phi) is 3.42. The lowest BCUT2D eigenvalue weighted by molar-refractivity contribution is 0.579. The van der Waals surface area contributed by atoms with Crippen LogP contribution in [0, 0.1) is 12.7 Å². The molecule has 1 atom stereocenters. The minimum Gasteiger partial charge on any atom is -0.324 e. The van der Waals surface area contributed by atoms with Crippen molar-refractivity contribution in [3.8, 4) is 0 Å². The molecule has 0 radical (unpaired) electrons. The van der Waals surface area contributed by atoms with Gasteiger partial charge in [-0.05, 0) is 26.3 Å². The molecule has 0 unspecified atom stereocenters. The van der Waals surface area contributed by atoms with Gasteiger partial charge in [0.25, 0.3) is 0 Å². The maximum Gasteiger partial charge on any atom is 0.128 e. The number of halogens is 1. The first-order valence-corrected chi connectivity index (χ1v) is 4.66. The molecule has 2 N–H and O–H groups in total. The molecule has 0 aliphatic rings. The second-order valence-electron chi connectivity index (χ2n) is 3.79. The fourth-order valence-corrected chi connectivity index (χ4v) is 1.43. The van der Waals surface area contributed by atoms with Gasteiger partial charge in [0.2, 0.25) is 0 Å². The predicted octanol–water partition coefficient (Wildman–Crippen LogP) is 3.10. The molecule has 0 aliphatic carbocycles. The molecular formula is C12H16FN. The molecule has 1 aromatic rings. The molecule has 0 heterocycles. The zero-order chi connectivity index (χ0) is 10.7. The van der Waals surface area contributed by atoms with Crippen LogP contribution < -0.4 is 5.73 Å². The van der Waals surface area contributed by atoms with Crippen molar-refractivity contribution in [1.29, 1.82) is 0 Å². The molecule has 0 aromatic heterocycles. The maximum atomic E-state index is 13.4. The summed E-state index contributed by atoms with van der Waals surface area (Å²) in [4.78, 5) is 0. The summed E-state index contributed by atoms with van der Waals surface area (Å²) in [7, 11) is 0. The van der Waals surface area contributed by atoms with Gasteiger partial charge in [-0.1, -0.05) is 23.3 Å². The molecule has 1 aromatic carbocycles. The predicted molar refractivity (Wildman–Crippen MR) is 57.5 cm³/mol. The Morgan fingerprint density at radius 1 is 1.57 bits per heavy atom. The van der Waals surface area contributed by atoms with Crippen LogP contribution in [0.3, 0.4) is 0 Å². The smallest absolute Gasteiger partial charge is 0.128 e. The molecule has 0 saturated carbocycles. The first kappa shape index (κ1) is 10.9. The minimum atomic E-state index is -0.285. The Morgan fingerprint density at radius 2 is 2.21 bits per heavy atom. The maximum absolute atomic E-state index is 13.4. The summed E-state index contributed by atoms with van der Waals surface area (Å²) in [6, 6.07) is 4.71. The third-order valence-electron chi connectivity index (χ3n) is 2.12. The molecule has 1 nitrogen and oxygen atoms in total. The summed E-state index contributed by atoms with van der Waals surface area (Å²) >= 11 is 0. The van der Waals surface area contributed by atoms with Crippen molar-refractivity contribution in [2.75, 3.05) is 0 Å². The van der Waals surface area contributed by atoms with Crippen LogP contribution in [0.5, 0.6) is 0 Å². The van der Waals surface area contributed by atoms with Crippen LogP contribution >= 0.6 is 0 Å². The highest BCUT2D eigenvalue weighted by atomic mass is 19.1. The van der Waals surface area contributed by atoms with Crippen molar-refractivity contribution in [1.82, 2.24) is 0 Å². The van der Waals surface area contributed by atoms with Gasteiger partial charge in [0.1, 0.15) is 5.82 Å². The monoisotopic (exact) mass is 193 g/mol. The molecule has 0 bridgehead atoms. The van der Waals surface area contributed by atoms with Gasteiger partial charge in [0, 0.05) is 11.6 Å². The Bertz CT molecular complexity index is 344. The van der Waals surface area contributed by atoms with Crippen molar-refractivity contribution < 1.29 is 4.39 Å². The van der Waals surface area contributed by atoms with Crippen LogP contribution in [0.1, 0.15) is 30.5 Å². The van der Waals surface area contributed by atoms with Crippen molar-refractivity contribution in [2.45, 2.75) is 26.3 Å². The fourth-order valence-electron chi connectivity index (χ4n) is 1.43. The van der Waals surface area contributed by atoms with Crippen molar-refractivity contribution >= 4 is 0 Å². The quantitative estimate of drug-likeness (QED) is 0.733. The molecule has 0 aliphatic heterocycles. The summed E-state index contributed by atoms with van der Waals surface area (Å²) < 4.78 is 13.4. The van der Waals surface area contributed by atoms with Gasteiger partial charge in [0.05, 0.1) is 0 Å². The first-order chi connectivity index (χ1) is 6.50. The average Bonchev–Trinajstić information content (AvgIpc) is 2.08. The van der Waals surface area contributed by atoms with E-state index in [0.29, 0.717) is 12.0 Å². The Morgan fingerprint density at radius 3 is 2.79 bits per heavy atom. The third kappa shape index (κ3) is 2.67. The first-order valence-electron chi connectivity index (χ1n) is 4.66.